The van der Waals surface area contributed by atoms with E-state index >= 15 is 0 Å². The fourth-order valence-electron chi connectivity index (χ4n) is 0.364. The largest absolute Gasteiger partial charge is 0.216 e. The zero-order chi connectivity index (χ0) is 6.85. The molecule has 2 nitrogen and oxygen atoms in total. The topological polar surface area (TPSA) is 25.8 Å². The van der Waals surface area contributed by atoms with Gasteiger partial charge in [0.15, 0.2) is 4.73 Å². The van der Waals surface area contributed by atoms with Gasteiger partial charge in [-0.15, -0.1) is 0 Å². The number of hydrogen-bond donors (Lipinski definition) is 0. The maximum absolute atomic E-state index is 4.02. The first kappa shape index (κ1) is 8.12. The molecule has 0 N–H and O–H groups in total. The number of rotatable bonds is 0. The summed E-state index contributed by atoms with van der Waals surface area (Å²) in [7, 11) is 0. The summed E-state index contributed by atoms with van der Waals surface area (Å²) in [5.74, 6) is 0. The number of halogens is 3. The highest BCUT2D eigenvalue weighted by molar-refractivity contribution is 14.1. The van der Waals surface area contributed by atoms with Crippen LogP contribution in [0, 0.1) is 7.40 Å². The molecule has 0 amide bonds. The molecular formula is C4HBrI2N2. The lowest BCUT2D eigenvalue weighted by atomic mass is 10.7. The fraction of sp³-hybridized carbons (Fsp3) is 0. The van der Waals surface area contributed by atoms with Crippen molar-refractivity contribution in [2.24, 2.45) is 0 Å². The van der Waals surface area contributed by atoms with E-state index in [0.717, 1.165) is 7.40 Å². The van der Waals surface area contributed by atoms with Crippen LogP contribution in [0.2, 0.25) is 0 Å². The molecule has 5 heteroatoms. The Morgan fingerprint density at radius 1 is 1.22 bits per heavy atom. The second kappa shape index (κ2) is 3.42. The van der Waals surface area contributed by atoms with Gasteiger partial charge >= 0.3 is 0 Å². The highest BCUT2D eigenvalue weighted by Gasteiger charge is 1.94. The van der Waals surface area contributed by atoms with E-state index in [1.165, 1.54) is 0 Å². The maximum Gasteiger partial charge on any atom is 0.198 e. The predicted octanol–water partition coefficient (Wildman–Crippen LogP) is 2.45. The summed E-state index contributed by atoms with van der Waals surface area (Å²) in [6, 6.07) is 1.91. The third-order valence-electron chi connectivity index (χ3n) is 0.636. The van der Waals surface area contributed by atoms with E-state index in [-0.39, 0.29) is 0 Å². The van der Waals surface area contributed by atoms with Crippen molar-refractivity contribution in [2.45, 2.75) is 0 Å². The van der Waals surface area contributed by atoms with E-state index in [1.807, 2.05) is 6.07 Å². The minimum absolute atomic E-state index is 0.652. The molecule has 0 bridgehead atoms. The second-order valence-corrected chi connectivity index (χ2v) is 4.20. The van der Waals surface area contributed by atoms with Gasteiger partial charge in [-0.3, -0.25) is 0 Å². The van der Waals surface area contributed by atoms with Crippen molar-refractivity contribution in [3.63, 3.8) is 0 Å². The summed E-state index contributed by atoms with van der Waals surface area (Å²) in [6.45, 7) is 0. The molecule has 1 rings (SSSR count). The standard InChI is InChI=1S/C4HBrI2N2/c5-4-8-2(6)1-3(7)9-4/h1H. The lowest BCUT2D eigenvalue weighted by molar-refractivity contribution is 1.06. The second-order valence-electron chi connectivity index (χ2n) is 1.28. The highest BCUT2D eigenvalue weighted by Crippen LogP contribution is 2.09. The summed E-state index contributed by atoms with van der Waals surface area (Å²) in [5.41, 5.74) is 0. The predicted molar refractivity (Wildman–Crippen MR) is 55.2 cm³/mol. The van der Waals surface area contributed by atoms with E-state index in [2.05, 4.69) is 71.1 Å². The average molecular weight is 411 g/mol. The highest BCUT2D eigenvalue weighted by atomic mass is 127. The Kier molecular flexibility index (Phi) is 3.09. The van der Waals surface area contributed by atoms with Gasteiger partial charge in [0.1, 0.15) is 7.40 Å². The van der Waals surface area contributed by atoms with E-state index in [1.54, 1.807) is 0 Å². The third-order valence-corrected chi connectivity index (χ3v) is 2.10. The number of hydrogen-bond acceptors (Lipinski definition) is 2. The molecule has 0 aliphatic carbocycles. The Morgan fingerprint density at radius 3 is 2.00 bits per heavy atom. The van der Waals surface area contributed by atoms with Crippen LogP contribution in [0.15, 0.2) is 10.8 Å². The van der Waals surface area contributed by atoms with Crippen LogP contribution in [-0.2, 0) is 0 Å². The summed E-state index contributed by atoms with van der Waals surface area (Å²) < 4.78 is 2.57. The van der Waals surface area contributed by atoms with Crippen LogP contribution in [0.1, 0.15) is 0 Å². The van der Waals surface area contributed by atoms with Gasteiger partial charge in [-0.05, 0) is 61.1 Å². The van der Waals surface area contributed by atoms with E-state index < -0.39 is 0 Å². The maximum atomic E-state index is 4.02. The SMILES string of the molecule is Brc1nc(I)cc(I)n1. The van der Waals surface area contributed by atoms with Crippen molar-refractivity contribution in [3.8, 4) is 0 Å². The molecule has 0 atom stereocenters. The third kappa shape index (κ3) is 2.62. The van der Waals surface area contributed by atoms with Crippen LogP contribution in [-0.4, -0.2) is 9.97 Å². The van der Waals surface area contributed by atoms with Crippen LogP contribution in [0.5, 0.6) is 0 Å². The van der Waals surface area contributed by atoms with Gasteiger partial charge in [0.2, 0.25) is 0 Å². The number of nitrogens with zero attached hydrogens (tertiary/aromatic N) is 2. The number of aromatic nitrogens is 2. The molecule has 9 heavy (non-hydrogen) atoms. The lowest BCUT2D eigenvalue weighted by Gasteiger charge is -1.91. The normalized spacial score (nSPS) is 9.67. The van der Waals surface area contributed by atoms with Gasteiger partial charge in [0.05, 0.1) is 0 Å². The summed E-state index contributed by atoms with van der Waals surface area (Å²) >= 11 is 7.47. The molecule has 0 saturated carbocycles. The Balaban J connectivity index is 3.17. The van der Waals surface area contributed by atoms with Crippen LogP contribution < -0.4 is 0 Å². The first-order valence-corrected chi connectivity index (χ1v) is 4.99. The molecular weight excluding hydrogens is 410 g/mol. The minimum Gasteiger partial charge on any atom is -0.216 e. The van der Waals surface area contributed by atoms with Crippen molar-refractivity contribution < 1.29 is 0 Å². The molecule has 1 aromatic rings. The molecule has 1 heterocycles. The van der Waals surface area contributed by atoms with Crippen LogP contribution in [0.3, 0.4) is 0 Å². The summed E-state index contributed by atoms with van der Waals surface area (Å²) in [5, 5.41) is 0. The molecule has 0 unspecified atom stereocenters. The van der Waals surface area contributed by atoms with Crippen molar-refractivity contribution in [1.29, 1.82) is 0 Å². The van der Waals surface area contributed by atoms with E-state index in [9.17, 15) is 0 Å². The Hall–Kier alpha value is 1.02. The van der Waals surface area contributed by atoms with Crippen LogP contribution in [0.4, 0.5) is 0 Å². The van der Waals surface area contributed by atoms with Gasteiger partial charge in [-0.25, -0.2) is 9.97 Å². The molecule has 0 aromatic carbocycles. The lowest BCUT2D eigenvalue weighted by Crippen LogP contribution is -1.88. The smallest absolute Gasteiger partial charge is 0.198 e. The zero-order valence-corrected chi connectivity index (χ0v) is 10.0. The molecule has 0 aliphatic heterocycles. The van der Waals surface area contributed by atoms with Crippen molar-refractivity contribution >= 4 is 61.1 Å². The average Bonchev–Trinajstić information content (AvgIpc) is 1.59. The minimum atomic E-state index is 0.652. The summed E-state index contributed by atoms with van der Waals surface area (Å²) in [4.78, 5) is 8.04. The molecule has 0 aliphatic rings. The van der Waals surface area contributed by atoms with Gasteiger partial charge in [-0.2, -0.15) is 0 Å². The van der Waals surface area contributed by atoms with Crippen molar-refractivity contribution in [2.75, 3.05) is 0 Å². The van der Waals surface area contributed by atoms with Gasteiger partial charge in [0, 0.05) is 6.07 Å². The fourth-order valence-corrected chi connectivity index (χ4v) is 3.05. The Labute approximate surface area is 88.3 Å². The summed E-state index contributed by atoms with van der Waals surface area (Å²) in [6.07, 6.45) is 0. The molecule has 1 aromatic heterocycles. The first-order chi connectivity index (χ1) is 4.18. The van der Waals surface area contributed by atoms with Gasteiger partial charge in [0.25, 0.3) is 0 Å². The monoisotopic (exact) mass is 410 g/mol. The van der Waals surface area contributed by atoms with E-state index in [0.29, 0.717) is 4.73 Å². The van der Waals surface area contributed by atoms with E-state index in [4.69, 9.17) is 0 Å². The van der Waals surface area contributed by atoms with Crippen molar-refractivity contribution in [1.82, 2.24) is 9.97 Å². The van der Waals surface area contributed by atoms with Crippen LogP contribution in [0.25, 0.3) is 0 Å². The first-order valence-electron chi connectivity index (χ1n) is 2.04. The van der Waals surface area contributed by atoms with Crippen molar-refractivity contribution in [3.05, 3.63) is 18.2 Å². The Morgan fingerprint density at radius 2 is 1.67 bits per heavy atom. The zero-order valence-electron chi connectivity index (χ0n) is 4.11. The van der Waals surface area contributed by atoms with Gasteiger partial charge < -0.3 is 0 Å². The molecule has 0 saturated heterocycles. The molecule has 0 fully saturated rings. The molecule has 0 radical (unpaired) electrons. The van der Waals surface area contributed by atoms with Crippen LogP contribution >= 0.6 is 61.1 Å². The van der Waals surface area contributed by atoms with Gasteiger partial charge in [-0.1, -0.05) is 0 Å². The molecule has 48 valence electrons. The Bertz CT molecular complexity index is 177. The quantitative estimate of drug-likeness (QED) is 0.373. The molecule has 0 spiro atoms.